The van der Waals surface area contributed by atoms with Gasteiger partial charge in [-0.2, -0.15) is 0 Å². The lowest BCUT2D eigenvalue weighted by Gasteiger charge is -2.31. The zero-order chi connectivity index (χ0) is 19.7. The molecule has 1 fully saturated rings. The molecule has 0 saturated heterocycles. The number of fused-ring (bicyclic) bond motifs is 1. The Morgan fingerprint density at radius 1 is 1.11 bits per heavy atom. The SMILES string of the molecule is CCCN(C(=O)C[C@@]1(Cc2ccccc2)C(=O)N(C)c2ccccc21)C1CC1. The van der Waals surface area contributed by atoms with Crippen LogP contribution in [0.1, 0.15) is 43.7 Å². The van der Waals surface area contributed by atoms with Gasteiger partial charge in [0.05, 0.1) is 5.41 Å². The minimum atomic E-state index is -0.829. The Bertz CT molecular complexity index is 875. The Labute approximate surface area is 167 Å². The van der Waals surface area contributed by atoms with Gasteiger partial charge >= 0.3 is 0 Å². The maximum absolute atomic E-state index is 13.5. The van der Waals surface area contributed by atoms with Crippen molar-refractivity contribution < 1.29 is 9.59 Å². The van der Waals surface area contributed by atoms with Crippen molar-refractivity contribution in [1.82, 2.24) is 4.90 Å². The molecule has 4 heteroatoms. The molecular formula is C24H28N2O2. The van der Waals surface area contributed by atoms with Crippen LogP contribution in [0, 0.1) is 0 Å². The van der Waals surface area contributed by atoms with Gasteiger partial charge in [0.1, 0.15) is 0 Å². The Morgan fingerprint density at radius 3 is 2.46 bits per heavy atom. The lowest BCUT2D eigenvalue weighted by molar-refractivity contribution is -0.136. The minimum absolute atomic E-state index is 0.0261. The third kappa shape index (κ3) is 3.21. The van der Waals surface area contributed by atoms with Gasteiger partial charge in [0, 0.05) is 31.7 Å². The van der Waals surface area contributed by atoms with Crippen LogP contribution in [0.25, 0.3) is 0 Å². The molecule has 146 valence electrons. The number of para-hydroxylation sites is 1. The number of benzene rings is 2. The number of anilines is 1. The molecule has 0 aromatic heterocycles. The van der Waals surface area contributed by atoms with Crippen LogP contribution in [-0.2, 0) is 21.4 Å². The summed E-state index contributed by atoms with van der Waals surface area (Å²) in [7, 11) is 1.82. The van der Waals surface area contributed by atoms with E-state index in [1.165, 1.54) is 0 Å². The molecule has 0 N–H and O–H groups in total. The molecule has 0 unspecified atom stereocenters. The van der Waals surface area contributed by atoms with Crippen molar-refractivity contribution in [2.45, 2.75) is 50.5 Å². The van der Waals surface area contributed by atoms with Crippen molar-refractivity contribution in [3.8, 4) is 0 Å². The molecular weight excluding hydrogens is 348 g/mol. The first kappa shape index (κ1) is 18.7. The third-order valence-corrected chi connectivity index (χ3v) is 6.07. The van der Waals surface area contributed by atoms with Gasteiger partial charge in [0.25, 0.3) is 0 Å². The van der Waals surface area contributed by atoms with Crippen LogP contribution in [0.2, 0.25) is 0 Å². The highest BCUT2D eigenvalue weighted by Crippen LogP contribution is 2.46. The number of rotatable bonds is 7. The van der Waals surface area contributed by atoms with Gasteiger partial charge in [-0.1, -0.05) is 55.5 Å². The van der Waals surface area contributed by atoms with E-state index < -0.39 is 5.41 Å². The molecule has 4 rings (SSSR count). The van der Waals surface area contributed by atoms with Crippen LogP contribution in [0.4, 0.5) is 5.69 Å². The van der Waals surface area contributed by atoms with Gasteiger partial charge in [0.2, 0.25) is 11.8 Å². The predicted molar refractivity (Wildman–Crippen MR) is 111 cm³/mol. The number of nitrogens with zero attached hydrogens (tertiary/aromatic N) is 2. The molecule has 2 aromatic rings. The van der Waals surface area contributed by atoms with E-state index in [9.17, 15) is 9.59 Å². The first-order valence-electron chi connectivity index (χ1n) is 10.3. The average molecular weight is 377 g/mol. The number of hydrogen-bond acceptors (Lipinski definition) is 2. The van der Waals surface area contributed by atoms with Gasteiger partial charge in [-0.3, -0.25) is 9.59 Å². The van der Waals surface area contributed by atoms with Crippen LogP contribution in [0.3, 0.4) is 0 Å². The Kier molecular flexibility index (Phi) is 4.96. The highest BCUT2D eigenvalue weighted by Gasteiger charge is 2.51. The molecule has 0 bridgehead atoms. The van der Waals surface area contributed by atoms with Crippen molar-refractivity contribution in [3.05, 3.63) is 65.7 Å². The molecule has 2 aromatic carbocycles. The van der Waals surface area contributed by atoms with Crippen molar-refractivity contribution in [2.24, 2.45) is 0 Å². The molecule has 1 aliphatic heterocycles. The van der Waals surface area contributed by atoms with Crippen molar-refractivity contribution in [2.75, 3.05) is 18.5 Å². The summed E-state index contributed by atoms with van der Waals surface area (Å²) in [6, 6.07) is 18.4. The normalized spacial score (nSPS) is 20.9. The van der Waals surface area contributed by atoms with Gasteiger partial charge in [-0.05, 0) is 42.9 Å². The molecule has 0 radical (unpaired) electrons. The Morgan fingerprint density at radius 2 is 1.79 bits per heavy atom. The van der Waals surface area contributed by atoms with E-state index in [0.717, 1.165) is 42.6 Å². The van der Waals surface area contributed by atoms with Crippen molar-refractivity contribution in [1.29, 1.82) is 0 Å². The fourth-order valence-corrected chi connectivity index (χ4v) is 4.56. The van der Waals surface area contributed by atoms with Crippen LogP contribution in [-0.4, -0.2) is 36.3 Å². The molecule has 4 nitrogen and oxygen atoms in total. The maximum Gasteiger partial charge on any atom is 0.238 e. The third-order valence-electron chi connectivity index (χ3n) is 6.07. The highest BCUT2D eigenvalue weighted by atomic mass is 16.2. The number of amides is 2. The molecule has 0 spiro atoms. The van der Waals surface area contributed by atoms with E-state index in [2.05, 4.69) is 6.92 Å². The second-order valence-corrected chi connectivity index (χ2v) is 8.12. The first-order valence-corrected chi connectivity index (χ1v) is 10.3. The lowest BCUT2D eigenvalue weighted by Crippen LogP contribution is -2.46. The summed E-state index contributed by atoms with van der Waals surface area (Å²) in [6.45, 7) is 2.88. The summed E-state index contributed by atoms with van der Waals surface area (Å²) >= 11 is 0. The molecule has 2 aliphatic rings. The summed E-state index contributed by atoms with van der Waals surface area (Å²) in [6.07, 6.45) is 3.89. The van der Waals surface area contributed by atoms with E-state index >= 15 is 0 Å². The molecule has 28 heavy (non-hydrogen) atoms. The summed E-state index contributed by atoms with van der Waals surface area (Å²) in [4.78, 5) is 30.7. The Balaban J connectivity index is 1.74. The monoisotopic (exact) mass is 376 g/mol. The average Bonchev–Trinajstić information content (AvgIpc) is 3.53. The standard InChI is InChI=1S/C24H28N2O2/c1-3-15-26(19-13-14-19)22(27)17-24(16-18-9-5-4-6-10-18)20-11-7-8-12-21(20)25(2)23(24)28/h4-12,19H,3,13-17H2,1-2H3/t24-/m1/s1. The predicted octanol–water partition coefficient (Wildman–Crippen LogP) is 3.93. The number of likely N-dealkylation sites (N-methyl/N-ethyl adjacent to an activating group) is 1. The molecule has 1 aliphatic carbocycles. The Hall–Kier alpha value is -2.62. The smallest absolute Gasteiger partial charge is 0.238 e. The van der Waals surface area contributed by atoms with Crippen LogP contribution >= 0.6 is 0 Å². The molecule has 1 atom stereocenters. The number of carbonyl (C=O) groups excluding carboxylic acids is 2. The zero-order valence-corrected chi connectivity index (χ0v) is 16.7. The van der Waals surface area contributed by atoms with Gasteiger partial charge in [-0.25, -0.2) is 0 Å². The lowest BCUT2D eigenvalue weighted by atomic mass is 9.73. The summed E-state index contributed by atoms with van der Waals surface area (Å²) in [5, 5.41) is 0. The highest BCUT2D eigenvalue weighted by molar-refractivity contribution is 6.10. The van der Waals surface area contributed by atoms with Gasteiger partial charge in [-0.15, -0.1) is 0 Å². The fraction of sp³-hybridized carbons (Fsp3) is 0.417. The molecule has 1 heterocycles. The van der Waals surface area contributed by atoms with E-state index in [4.69, 9.17) is 0 Å². The number of carbonyl (C=O) groups is 2. The second-order valence-electron chi connectivity index (χ2n) is 8.12. The molecule has 1 saturated carbocycles. The maximum atomic E-state index is 13.5. The molecule has 2 amide bonds. The van der Waals surface area contributed by atoms with Crippen LogP contribution < -0.4 is 4.90 Å². The minimum Gasteiger partial charge on any atom is -0.340 e. The second kappa shape index (κ2) is 7.42. The zero-order valence-electron chi connectivity index (χ0n) is 16.7. The topological polar surface area (TPSA) is 40.6 Å². The van der Waals surface area contributed by atoms with Gasteiger partial charge < -0.3 is 9.80 Å². The van der Waals surface area contributed by atoms with Crippen molar-refractivity contribution in [3.63, 3.8) is 0 Å². The first-order chi connectivity index (χ1) is 13.6. The van der Waals surface area contributed by atoms with E-state index in [1.54, 1.807) is 4.90 Å². The summed E-state index contributed by atoms with van der Waals surface area (Å²) < 4.78 is 0. The number of hydrogen-bond donors (Lipinski definition) is 0. The van der Waals surface area contributed by atoms with Gasteiger partial charge in [0.15, 0.2) is 0 Å². The van der Waals surface area contributed by atoms with Crippen LogP contribution in [0.15, 0.2) is 54.6 Å². The van der Waals surface area contributed by atoms with E-state index in [-0.39, 0.29) is 18.2 Å². The summed E-state index contributed by atoms with van der Waals surface area (Å²) in [5.74, 6) is 0.136. The quantitative estimate of drug-likeness (QED) is 0.734. The van der Waals surface area contributed by atoms with Crippen molar-refractivity contribution >= 4 is 17.5 Å². The fourth-order valence-electron chi connectivity index (χ4n) is 4.56. The van der Waals surface area contributed by atoms with E-state index in [0.29, 0.717) is 12.5 Å². The summed E-state index contributed by atoms with van der Waals surface area (Å²) in [5.41, 5.74) is 2.16. The van der Waals surface area contributed by atoms with E-state index in [1.807, 2.05) is 66.5 Å². The van der Waals surface area contributed by atoms with Crippen LogP contribution in [0.5, 0.6) is 0 Å². The largest absolute Gasteiger partial charge is 0.340 e.